The summed E-state index contributed by atoms with van der Waals surface area (Å²) in [5, 5.41) is 3.76. The Kier molecular flexibility index (Phi) is 4.52. The van der Waals surface area contributed by atoms with Crippen molar-refractivity contribution in [1.29, 1.82) is 0 Å². The Labute approximate surface area is 139 Å². The predicted molar refractivity (Wildman–Crippen MR) is 93.4 cm³/mol. The molecule has 5 nitrogen and oxygen atoms in total. The van der Waals surface area contributed by atoms with Crippen molar-refractivity contribution in [2.45, 2.75) is 0 Å². The third kappa shape index (κ3) is 3.41. The molecule has 0 fully saturated rings. The molecule has 3 rings (SSSR count). The number of fused-ring (bicyclic) bond motifs is 1. The molecule has 1 aromatic heterocycles. The average molecular weight is 323 g/mol. The van der Waals surface area contributed by atoms with Gasteiger partial charge in [-0.05, 0) is 30.3 Å². The van der Waals surface area contributed by atoms with Crippen LogP contribution in [0.25, 0.3) is 17.0 Å². The molecule has 0 bridgehead atoms. The topological polar surface area (TPSA) is 60.7 Å². The first kappa shape index (κ1) is 15.7. The number of para-hydroxylation sites is 1. The van der Waals surface area contributed by atoms with E-state index in [1.807, 2.05) is 30.3 Å². The minimum Gasteiger partial charge on any atom is -0.497 e. The minimum absolute atomic E-state index is 0.279. The monoisotopic (exact) mass is 323 g/mol. The lowest BCUT2D eigenvalue weighted by molar-refractivity contribution is -0.111. The van der Waals surface area contributed by atoms with Crippen LogP contribution in [-0.2, 0) is 4.79 Å². The van der Waals surface area contributed by atoms with Crippen molar-refractivity contribution in [3.05, 3.63) is 60.4 Å². The number of carbonyl (C=O) groups excluding carboxylic acids is 1. The maximum Gasteiger partial charge on any atom is 0.248 e. The van der Waals surface area contributed by atoms with E-state index in [-0.39, 0.29) is 5.91 Å². The van der Waals surface area contributed by atoms with Gasteiger partial charge in [-0.2, -0.15) is 0 Å². The van der Waals surface area contributed by atoms with E-state index in [1.54, 1.807) is 31.4 Å². The van der Waals surface area contributed by atoms with E-state index < -0.39 is 0 Å². The molecule has 0 atom stereocenters. The maximum absolute atomic E-state index is 12.1. The van der Waals surface area contributed by atoms with Gasteiger partial charge in [0, 0.05) is 17.5 Å². The van der Waals surface area contributed by atoms with Crippen molar-refractivity contribution >= 4 is 28.6 Å². The largest absolute Gasteiger partial charge is 0.497 e. The van der Waals surface area contributed by atoms with E-state index in [2.05, 4.69) is 5.32 Å². The lowest BCUT2D eigenvalue weighted by Crippen LogP contribution is -2.08. The Morgan fingerprint density at radius 3 is 2.67 bits per heavy atom. The van der Waals surface area contributed by atoms with Gasteiger partial charge in [0.2, 0.25) is 5.91 Å². The van der Waals surface area contributed by atoms with Gasteiger partial charge in [-0.3, -0.25) is 4.79 Å². The Bertz CT molecular complexity index is 862. The molecule has 0 spiro atoms. The number of benzene rings is 2. The third-order valence-corrected chi connectivity index (χ3v) is 3.51. The summed E-state index contributed by atoms with van der Waals surface area (Å²) in [4.78, 5) is 12.1. The normalized spacial score (nSPS) is 10.9. The second-order valence-electron chi connectivity index (χ2n) is 5.08. The molecule has 1 heterocycles. The van der Waals surface area contributed by atoms with Gasteiger partial charge >= 0.3 is 0 Å². The summed E-state index contributed by atoms with van der Waals surface area (Å²) in [6, 6.07) is 14.8. The van der Waals surface area contributed by atoms with Gasteiger partial charge in [-0.1, -0.05) is 18.2 Å². The van der Waals surface area contributed by atoms with Crippen LogP contribution in [0.15, 0.2) is 59.0 Å². The lowest BCUT2D eigenvalue weighted by Gasteiger charge is -2.10. The molecule has 3 aromatic rings. The van der Waals surface area contributed by atoms with Crippen LogP contribution in [0, 0.1) is 0 Å². The number of rotatable bonds is 5. The number of furan rings is 1. The van der Waals surface area contributed by atoms with E-state index in [0.717, 1.165) is 11.0 Å². The molecule has 0 saturated carbocycles. The number of nitrogens with one attached hydrogen (secondary N) is 1. The van der Waals surface area contributed by atoms with Crippen molar-refractivity contribution in [2.75, 3.05) is 19.5 Å². The molecule has 24 heavy (non-hydrogen) atoms. The molecule has 0 unspecified atom stereocenters. The van der Waals surface area contributed by atoms with Gasteiger partial charge in [-0.15, -0.1) is 0 Å². The second kappa shape index (κ2) is 6.91. The quantitative estimate of drug-likeness (QED) is 0.718. The standard InChI is InChI=1S/C19H17NO4/c1-22-14-7-9-16(18(12-14)23-2)20-19(21)10-8-15-11-13-5-3-4-6-17(13)24-15/h3-12H,1-2H3,(H,20,21)/b10-8+. The van der Waals surface area contributed by atoms with E-state index in [9.17, 15) is 4.79 Å². The van der Waals surface area contributed by atoms with Gasteiger partial charge in [0.25, 0.3) is 0 Å². The number of amides is 1. The van der Waals surface area contributed by atoms with E-state index in [0.29, 0.717) is 22.9 Å². The highest BCUT2D eigenvalue weighted by atomic mass is 16.5. The first-order chi connectivity index (χ1) is 11.7. The van der Waals surface area contributed by atoms with Crippen LogP contribution >= 0.6 is 0 Å². The smallest absolute Gasteiger partial charge is 0.248 e. The Morgan fingerprint density at radius 2 is 1.92 bits per heavy atom. The van der Waals surface area contributed by atoms with Crippen molar-refractivity contribution in [1.82, 2.24) is 0 Å². The van der Waals surface area contributed by atoms with Crippen LogP contribution in [0.2, 0.25) is 0 Å². The number of hydrogen-bond acceptors (Lipinski definition) is 4. The number of carbonyl (C=O) groups is 1. The Morgan fingerprint density at radius 1 is 1.08 bits per heavy atom. The van der Waals surface area contributed by atoms with Crippen molar-refractivity contribution in [3.8, 4) is 11.5 Å². The molecule has 5 heteroatoms. The third-order valence-electron chi connectivity index (χ3n) is 3.51. The average Bonchev–Trinajstić information content (AvgIpc) is 3.03. The van der Waals surface area contributed by atoms with Crippen LogP contribution in [0.1, 0.15) is 5.76 Å². The van der Waals surface area contributed by atoms with Gasteiger partial charge in [0.1, 0.15) is 22.8 Å². The first-order valence-corrected chi connectivity index (χ1v) is 7.39. The molecular formula is C19H17NO4. The van der Waals surface area contributed by atoms with Gasteiger partial charge in [-0.25, -0.2) is 0 Å². The fourth-order valence-corrected chi connectivity index (χ4v) is 2.32. The SMILES string of the molecule is COc1ccc(NC(=O)/C=C/c2cc3ccccc3o2)c(OC)c1. The van der Waals surface area contributed by atoms with E-state index in [4.69, 9.17) is 13.9 Å². The Hall–Kier alpha value is -3.21. The zero-order chi connectivity index (χ0) is 16.9. The molecule has 0 saturated heterocycles. The molecule has 0 radical (unpaired) electrons. The zero-order valence-electron chi connectivity index (χ0n) is 13.4. The lowest BCUT2D eigenvalue weighted by atomic mass is 10.2. The first-order valence-electron chi connectivity index (χ1n) is 7.39. The Balaban J connectivity index is 1.73. The van der Waals surface area contributed by atoms with Gasteiger partial charge in [0.05, 0.1) is 19.9 Å². The van der Waals surface area contributed by atoms with Crippen LogP contribution in [0.3, 0.4) is 0 Å². The molecule has 1 amide bonds. The summed E-state index contributed by atoms with van der Waals surface area (Å²) in [6.07, 6.45) is 3.05. The van der Waals surface area contributed by atoms with E-state index >= 15 is 0 Å². The fourth-order valence-electron chi connectivity index (χ4n) is 2.32. The van der Waals surface area contributed by atoms with Crippen LogP contribution in [0.5, 0.6) is 11.5 Å². The van der Waals surface area contributed by atoms with Crippen LogP contribution in [0.4, 0.5) is 5.69 Å². The summed E-state index contributed by atoms with van der Waals surface area (Å²) in [6.45, 7) is 0. The predicted octanol–water partition coefficient (Wildman–Crippen LogP) is 4.10. The number of hydrogen-bond donors (Lipinski definition) is 1. The molecule has 0 aliphatic rings. The van der Waals surface area contributed by atoms with Crippen LogP contribution < -0.4 is 14.8 Å². The summed E-state index contributed by atoms with van der Waals surface area (Å²) in [5.74, 6) is 1.52. The summed E-state index contributed by atoms with van der Waals surface area (Å²) >= 11 is 0. The number of anilines is 1. The minimum atomic E-state index is -0.279. The molecule has 1 N–H and O–H groups in total. The molecule has 0 aliphatic heterocycles. The van der Waals surface area contributed by atoms with Gasteiger partial charge < -0.3 is 19.2 Å². The van der Waals surface area contributed by atoms with Gasteiger partial charge in [0.15, 0.2) is 0 Å². The number of methoxy groups -OCH3 is 2. The highest BCUT2D eigenvalue weighted by molar-refractivity contribution is 6.02. The maximum atomic E-state index is 12.1. The summed E-state index contributed by atoms with van der Waals surface area (Å²) < 4.78 is 16.0. The molecular weight excluding hydrogens is 306 g/mol. The fraction of sp³-hybridized carbons (Fsp3) is 0.105. The second-order valence-corrected chi connectivity index (χ2v) is 5.08. The van der Waals surface area contributed by atoms with Crippen molar-refractivity contribution in [3.63, 3.8) is 0 Å². The summed E-state index contributed by atoms with van der Waals surface area (Å²) in [7, 11) is 3.11. The highest BCUT2D eigenvalue weighted by Gasteiger charge is 2.07. The molecule has 122 valence electrons. The number of ether oxygens (including phenoxy) is 2. The zero-order valence-corrected chi connectivity index (χ0v) is 13.4. The highest BCUT2D eigenvalue weighted by Crippen LogP contribution is 2.29. The van der Waals surface area contributed by atoms with Crippen LogP contribution in [-0.4, -0.2) is 20.1 Å². The molecule has 2 aromatic carbocycles. The molecule has 0 aliphatic carbocycles. The van der Waals surface area contributed by atoms with Crippen molar-refractivity contribution < 1.29 is 18.7 Å². The van der Waals surface area contributed by atoms with E-state index in [1.165, 1.54) is 13.2 Å². The van der Waals surface area contributed by atoms with Crippen molar-refractivity contribution in [2.24, 2.45) is 0 Å². The summed E-state index contributed by atoms with van der Waals surface area (Å²) in [5.41, 5.74) is 1.35.